The number of aromatic nitrogens is 4. The lowest BCUT2D eigenvalue weighted by Crippen LogP contribution is -1.99. The maximum atomic E-state index is 11.6. The van der Waals surface area contributed by atoms with E-state index in [4.69, 9.17) is 9.97 Å². The number of benzene rings is 1. The van der Waals surface area contributed by atoms with E-state index in [-0.39, 0.29) is 12.8 Å². The van der Waals surface area contributed by atoms with Crippen molar-refractivity contribution in [1.29, 1.82) is 0 Å². The Morgan fingerprint density at radius 2 is 1.31 bits per heavy atom. The number of hydrogen-bond donors (Lipinski definition) is 3. The van der Waals surface area contributed by atoms with Crippen LogP contribution in [0.2, 0.25) is 0 Å². The van der Waals surface area contributed by atoms with Gasteiger partial charge < -0.3 is 19.8 Å². The molecule has 8 heteroatoms. The van der Waals surface area contributed by atoms with E-state index in [0.29, 0.717) is 30.8 Å². The summed E-state index contributed by atoms with van der Waals surface area (Å²) >= 11 is 0. The highest BCUT2D eigenvalue weighted by atomic mass is 16.4. The molecule has 3 aromatic heterocycles. The van der Waals surface area contributed by atoms with Gasteiger partial charge in [0.05, 0.1) is 22.8 Å². The van der Waals surface area contributed by atoms with Gasteiger partial charge in [0.1, 0.15) is 0 Å². The Balaban J connectivity index is 1.69. The monoisotopic (exact) mass is 600 g/mol. The highest BCUT2D eigenvalue weighted by Crippen LogP contribution is 2.37. The minimum atomic E-state index is -0.875. The molecule has 228 valence electrons. The zero-order chi connectivity index (χ0) is 31.8. The standard InChI is InChI=1S/C37H36N4O4/c1-21-14-26-16-31-23(3)28(10-12-36(42)43)33(39-31)18-34-29(11-13-37(44)45)24(4)32(40-34)19-35-22(2)15-27(17-30(21)38-26)41(35)20-25-8-6-5-7-9-25/h5-9,14-19,38H,10-13,20H2,1-4H3,(H,42,43)(H,44,45). The average Bonchev–Trinajstić information content (AvgIpc) is 3.67. The van der Waals surface area contributed by atoms with Crippen LogP contribution in [0, 0.1) is 13.8 Å². The average molecular weight is 601 g/mol. The van der Waals surface area contributed by atoms with Crippen molar-refractivity contribution in [2.45, 2.75) is 59.9 Å². The first kappa shape index (κ1) is 29.8. The van der Waals surface area contributed by atoms with Gasteiger partial charge in [0, 0.05) is 41.5 Å². The maximum Gasteiger partial charge on any atom is 0.303 e. The van der Waals surface area contributed by atoms with E-state index in [9.17, 15) is 19.8 Å². The van der Waals surface area contributed by atoms with Crippen LogP contribution in [0.3, 0.4) is 0 Å². The zero-order valence-electron chi connectivity index (χ0n) is 25.9. The molecule has 0 fully saturated rings. The quantitative estimate of drug-likeness (QED) is 0.188. The van der Waals surface area contributed by atoms with Crippen molar-refractivity contribution < 1.29 is 19.8 Å². The number of allylic oxidation sites excluding steroid dienone is 4. The van der Waals surface area contributed by atoms with Gasteiger partial charge in [-0.1, -0.05) is 30.3 Å². The predicted molar refractivity (Wildman–Crippen MR) is 178 cm³/mol. The fourth-order valence-electron chi connectivity index (χ4n) is 6.23. The van der Waals surface area contributed by atoms with E-state index in [2.05, 4.69) is 59.8 Å². The van der Waals surface area contributed by atoms with Gasteiger partial charge in [-0.2, -0.15) is 0 Å². The first-order valence-electron chi connectivity index (χ1n) is 15.2. The minimum absolute atomic E-state index is 0.0221. The summed E-state index contributed by atoms with van der Waals surface area (Å²) in [7, 11) is 0. The Labute approximate surface area is 261 Å². The summed E-state index contributed by atoms with van der Waals surface area (Å²) in [4.78, 5) is 36.8. The molecule has 0 unspecified atom stereocenters. The molecule has 6 rings (SSSR count). The number of nitrogens with one attached hydrogen (secondary N) is 1. The Morgan fingerprint density at radius 3 is 1.91 bits per heavy atom. The van der Waals surface area contributed by atoms with Crippen LogP contribution in [0.25, 0.3) is 44.4 Å². The topological polar surface area (TPSA) is 121 Å². The fourth-order valence-corrected chi connectivity index (χ4v) is 6.23. The lowest BCUT2D eigenvalue weighted by atomic mass is 9.98. The summed E-state index contributed by atoms with van der Waals surface area (Å²) in [6, 6.07) is 22.8. The fraction of sp³-hybridized carbons (Fsp3) is 0.243. The van der Waals surface area contributed by atoms with Crippen molar-refractivity contribution in [3.63, 3.8) is 0 Å². The molecular weight excluding hydrogens is 564 g/mol. The number of carboxylic acid groups (broad SMARTS) is 2. The molecule has 0 atom stereocenters. The number of rotatable bonds is 8. The molecule has 8 bridgehead atoms. The summed E-state index contributed by atoms with van der Waals surface area (Å²) in [5, 5.41) is 19.0. The zero-order valence-corrected chi connectivity index (χ0v) is 25.9. The van der Waals surface area contributed by atoms with E-state index >= 15 is 0 Å². The molecule has 2 aliphatic heterocycles. The third kappa shape index (κ3) is 6.09. The third-order valence-corrected chi connectivity index (χ3v) is 8.71. The molecule has 0 radical (unpaired) electrons. The maximum absolute atomic E-state index is 11.6. The van der Waals surface area contributed by atoms with Gasteiger partial charge in [0.2, 0.25) is 0 Å². The van der Waals surface area contributed by atoms with E-state index in [1.54, 1.807) is 0 Å². The highest BCUT2D eigenvalue weighted by Gasteiger charge is 2.22. The van der Waals surface area contributed by atoms with Crippen molar-refractivity contribution in [1.82, 2.24) is 19.5 Å². The summed E-state index contributed by atoms with van der Waals surface area (Å²) in [6.07, 6.45) is 0.604. The molecule has 45 heavy (non-hydrogen) atoms. The SMILES string of the molecule is CC1=C(CCC(=O)O)c2cc3nc(cc4c(C)cc(cc5[nH]c(cc1n2)cc5C)n4Cc1ccccc1)C(C)=C3CCC(=O)O. The van der Waals surface area contributed by atoms with Gasteiger partial charge >= 0.3 is 11.9 Å². The summed E-state index contributed by atoms with van der Waals surface area (Å²) in [5.74, 6) is -1.75. The van der Waals surface area contributed by atoms with Crippen LogP contribution in [-0.4, -0.2) is 41.7 Å². The van der Waals surface area contributed by atoms with Gasteiger partial charge in [0.15, 0.2) is 0 Å². The number of hydrogen-bond acceptors (Lipinski definition) is 4. The molecule has 2 aliphatic rings. The number of nitrogens with zero attached hydrogens (tertiary/aromatic N) is 3. The molecule has 0 aliphatic carbocycles. The second-order valence-corrected chi connectivity index (χ2v) is 11.9. The number of aromatic amines is 1. The minimum Gasteiger partial charge on any atom is -0.481 e. The van der Waals surface area contributed by atoms with Crippen LogP contribution in [-0.2, 0) is 16.1 Å². The normalized spacial score (nSPS) is 13.1. The molecule has 3 N–H and O–H groups in total. The van der Waals surface area contributed by atoms with Crippen molar-refractivity contribution in [2.75, 3.05) is 0 Å². The van der Waals surface area contributed by atoms with Crippen molar-refractivity contribution in [3.8, 4) is 0 Å². The van der Waals surface area contributed by atoms with Gasteiger partial charge in [-0.05, 0) is 116 Å². The largest absolute Gasteiger partial charge is 0.481 e. The molecule has 0 saturated heterocycles. The summed E-state index contributed by atoms with van der Waals surface area (Å²) < 4.78 is 2.30. The number of carboxylic acids is 2. The van der Waals surface area contributed by atoms with E-state index in [1.165, 1.54) is 5.56 Å². The van der Waals surface area contributed by atoms with Crippen LogP contribution in [0.15, 0.2) is 66.7 Å². The second-order valence-electron chi connectivity index (χ2n) is 11.9. The molecule has 8 nitrogen and oxygen atoms in total. The number of H-pyrrole nitrogens is 1. The van der Waals surface area contributed by atoms with Gasteiger partial charge in [0.25, 0.3) is 0 Å². The first-order valence-corrected chi connectivity index (χ1v) is 15.2. The van der Waals surface area contributed by atoms with Crippen LogP contribution in [0.5, 0.6) is 0 Å². The molecule has 0 amide bonds. The van der Waals surface area contributed by atoms with E-state index in [1.807, 2.05) is 44.2 Å². The Morgan fingerprint density at radius 1 is 0.711 bits per heavy atom. The Bertz CT molecular complexity index is 2080. The molecule has 0 spiro atoms. The van der Waals surface area contributed by atoms with E-state index in [0.717, 1.165) is 66.9 Å². The first-order chi connectivity index (χ1) is 21.6. The summed E-state index contributed by atoms with van der Waals surface area (Å²) in [5.41, 5.74) is 13.8. The van der Waals surface area contributed by atoms with Crippen molar-refractivity contribution in [2.24, 2.45) is 0 Å². The number of carbonyl (C=O) groups is 2. The molecule has 5 heterocycles. The van der Waals surface area contributed by atoms with Crippen molar-refractivity contribution >= 4 is 56.3 Å². The Hall–Kier alpha value is -5.24. The number of aryl methyl sites for hydroxylation is 2. The van der Waals surface area contributed by atoms with Crippen LogP contribution in [0.1, 0.15) is 79.0 Å². The van der Waals surface area contributed by atoms with Crippen LogP contribution < -0.4 is 0 Å². The molecule has 0 saturated carbocycles. The molecule has 1 aromatic carbocycles. The molecular formula is C37H36N4O4. The lowest BCUT2D eigenvalue weighted by molar-refractivity contribution is -0.137. The number of aliphatic carboxylic acids is 2. The third-order valence-electron chi connectivity index (χ3n) is 8.71. The van der Waals surface area contributed by atoms with Crippen LogP contribution >= 0.6 is 0 Å². The van der Waals surface area contributed by atoms with E-state index < -0.39 is 11.9 Å². The van der Waals surface area contributed by atoms with Gasteiger partial charge in [-0.15, -0.1) is 0 Å². The lowest BCUT2D eigenvalue weighted by Gasteiger charge is -2.08. The number of fused-ring (bicyclic) bond motifs is 8. The second kappa shape index (κ2) is 12.0. The molecule has 4 aromatic rings. The van der Waals surface area contributed by atoms with Crippen molar-refractivity contribution in [3.05, 3.63) is 106 Å². The van der Waals surface area contributed by atoms with Gasteiger partial charge in [-0.25, -0.2) is 9.97 Å². The van der Waals surface area contributed by atoms with Crippen LogP contribution in [0.4, 0.5) is 0 Å². The highest BCUT2D eigenvalue weighted by molar-refractivity contribution is 5.96. The smallest absolute Gasteiger partial charge is 0.303 e. The summed E-state index contributed by atoms with van der Waals surface area (Å²) in [6.45, 7) is 8.81. The van der Waals surface area contributed by atoms with Gasteiger partial charge in [-0.3, -0.25) is 9.59 Å². The predicted octanol–water partition coefficient (Wildman–Crippen LogP) is 8.04. The Kier molecular flexibility index (Phi) is 7.97.